The summed E-state index contributed by atoms with van der Waals surface area (Å²) >= 11 is 1.88. The lowest BCUT2D eigenvalue weighted by Gasteiger charge is -2.21. The minimum Gasteiger partial charge on any atom is -0.309 e. The van der Waals surface area contributed by atoms with Crippen molar-refractivity contribution >= 4 is 59.0 Å². The van der Waals surface area contributed by atoms with Crippen LogP contribution in [0.2, 0.25) is 0 Å². The van der Waals surface area contributed by atoms with E-state index in [4.69, 9.17) is 6.57 Å². The van der Waals surface area contributed by atoms with E-state index >= 15 is 0 Å². The van der Waals surface area contributed by atoms with E-state index in [0.29, 0.717) is 11.3 Å². The zero-order valence-electron chi connectivity index (χ0n) is 24.7. The maximum absolute atomic E-state index is 9.94. The molecule has 9 rings (SSSR count). The minimum absolute atomic E-state index is 0.0311. The Morgan fingerprint density at radius 3 is 2.40 bits per heavy atom. The van der Waals surface area contributed by atoms with E-state index in [0.717, 1.165) is 38.6 Å². The Balaban J connectivity index is 1.31. The van der Waals surface area contributed by atoms with E-state index in [2.05, 4.69) is 102 Å². The molecule has 0 radical (unpaired) electrons. The quantitative estimate of drug-likeness (QED) is 0.184. The second-order valence-electron chi connectivity index (χ2n) is 12.4. The molecule has 0 amide bonds. The first-order valence-corrected chi connectivity index (χ1v) is 15.8. The van der Waals surface area contributed by atoms with Crippen molar-refractivity contribution in [2.45, 2.75) is 19.3 Å². The molecule has 2 aromatic heterocycles. The Morgan fingerprint density at radius 1 is 0.711 bits per heavy atom. The van der Waals surface area contributed by atoms with Gasteiger partial charge >= 0.3 is 0 Å². The number of hydrogen-bond donors (Lipinski definition) is 0. The molecule has 6 aromatic carbocycles. The second-order valence-corrected chi connectivity index (χ2v) is 13.4. The topological polar surface area (TPSA) is 33.1 Å². The Labute approximate surface area is 264 Å². The van der Waals surface area contributed by atoms with Crippen molar-refractivity contribution in [3.63, 3.8) is 0 Å². The van der Waals surface area contributed by atoms with Crippen molar-refractivity contribution in [3.05, 3.63) is 143 Å². The van der Waals surface area contributed by atoms with E-state index in [-0.39, 0.29) is 5.41 Å². The van der Waals surface area contributed by atoms with Gasteiger partial charge in [-0.05, 0) is 70.1 Å². The summed E-state index contributed by atoms with van der Waals surface area (Å²) in [7, 11) is 0. The third-order valence-corrected chi connectivity index (χ3v) is 10.9. The van der Waals surface area contributed by atoms with Crippen molar-refractivity contribution in [1.29, 1.82) is 5.26 Å². The first kappa shape index (κ1) is 25.8. The number of fused-ring (bicyclic) bond motifs is 10. The largest absolute Gasteiger partial charge is 0.309 e. The van der Waals surface area contributed by atoms with E-state index < -0.39 is 0 Å². The zero-order valence-corrected chi connectivity index (χ0v) is 25.5. The lowest BCUT2D eigenvalue weighted by atomic mass is 9.82. The molecule has 2 heterocycles. The number of para-hydroxylation sites is 1. The molecule has 0 bridgehead atoms. The van der Waals surface area contributed by atoms with Crippen LogP contribution in [-0.2, 0) is 5.41 Å². The first-order valence-electron chi connectivity index (χ1n) is 15.0. The Bertz CT molecular complexity index is 2650. The monoisotopic (exact) mass is 591 g/mol. The lowest BCUT2D eigenvalue weighted by Crippen LogP contribution is -2.14. The highest BCUT2D eigenvalue weighted by Crippen LogP contribution is 2.54. The van der Waals surface area contributed by atoms with Crippen molar-refractivity contribution in [2.75, 3.05) is 0 Å². The van der Waals surface area contributed by atoms with Crippen LogP contribution in [0.5, 0.6) is 0 Å². The summed E-state index contributed by atoms with van der Waals surface area (Å²) in [5, 5.41) is 14.6. The molecule has 0 N–H and O–H groups in total. The van der Waals surface area contributed by atoms with Crippen molar-refractivity contribution in [1.82, 2.24) is 4.57 Å². The summed E-state index contributed by atoms with van der Waals surface area (Å²) in [5.41, 5.74) is 11.9. The van der Waals surface area contributed by atoms with Gasteiger partial charge in [0.05, 0.1) is 34.9 Å². The minimum atomic E-state index is -0.0311. The molecule has 1 aliphatic carbocycles. The van der Waals surface area contributed by atoms with E-state index in [1.165, 1.54) is 42.4 Å². The molecule has 0 spiro atoms. The van der Waals surface area contributed by atoms with Gasteiger partial charge < -0.3 is 4.57 Å². The normalized spacial score (nSPS) is 13.2. The predicted molar refractivity (Wildman–Crippen MR) is 188 cm³/mol. The predicted octanol–water partition coefficient (Wildman–Crippen LogP) is 11.5. The molecule has 8 aromatic rings. The molecular weight excluding hydrogens is 567 g/mol. The van der Waals surface area contributed by atoms with Crippen LogP contribution >= 0.6 is 11.3 Å². The fourth-order valence-electron chi connectivity index (χ4n) is 7.51. The van der Waals surface area contributed by atoms with E-state index in [9.17, 15) is 5.26 Å². The second kappa shape index (κ2) is 9.16. The highest BCUT2D eigenvalue weighted by Gasteiger charge is 2.36. The van der Waals surface area contributed by atoms with Gasteiger partial charge in [0.25, 0.3) is 0 Å². The smallest absolute Gasteiger partial charge is 0.188 e. The van der Waals surface area contributed by atoms with Gasteiger partial charge in [-0.1, -0.05) is 86.6 Å². The Kier molecular flexibility index (Phi) is 5.25. The molecule has 0 aliphatic heterocycles. The molecule has 0 fully saturated rings. The number of hydrogen-bond acceptors (Lipinski definition) is 2. The van der Waals surface area contributed by atoms with Gasteiger partial charge in [-0.25, -0.2) is 4.85 Å². The number of nitrogens with zero attached hydrogens (tertiary/aromatic N) is 3. The summed E-state index contributed by atoms with van der Waals surface area (Å²) in [4.78, 5) is 3.69. The molecule has 4 heteroatoms. The summed E-state index contributed by atoms with van der Waals surface area (Å²) in [6.45, 7) is 12.3. The van der Waals surface area contributed by atoms with Crippen LogP contribution in [0, 0.1) is 17.9 Å². The molecule has 0 saturated carbocycles. The van der Waals surface area contributed by atoms with Crippen LogP contribution in [0.15, 0.2) is 115 Å². The lowest BCUT2D eigenvalue weighted by molar-refractivity contribution is 0.661. The number of rotatable bonds is 2. The van der Waals surface area contributed by atoms with E-state index in [1.807, 2.05) is 53.8 Å². The zero-order chi connectivity index (χ0) is 30.4. The SMILES string of the molecule is [C-]#[N+]c1ccc2c(c1)c1ccccc1n2-c1cc(C#N)ccc1-c1ccc2sc3c4c(ccc3c2c1)C(C)(C)c1ccccc1-4. The van der Waals surface area contributed by atoms with Gasteiger partial charge in [0.1, 0.15) is 0 Å². The summed E-state index contributed by atoms with van der Waals surface area (Å²) in [5.74, 6) is 0. The first-order chi connectivity index (χ1) is 22.0. The fourth-order valence-corrected chi connectivity index (χ4v) is 8.75. The van der Waals surface area contributed by atoms with E-state index in [1.54, 1.807) is 0 Å². The van der Waals surface area contributed by atoms with Crippen LogP contribution in [-0.4, -0.2) is 4.57 Å². The standard InChI is InChI=1S/C41H25N3S/c1-41(2)33-10-6-4-9-30(33)39-34(41)17-16-29-32-21-25(13-19-38(32)45-40(29)39)27-15-12-24(23-42)20-37(27)44-35-11-7-5-8-28(35)31-22-26(43-3)14-18-36(31)44/h4-22H,1-2H3. The molecule has 45 heavy (non-hydrogen) atoms. The van der Waals surface area contributed by atoms with Crippen molar-refractivity contribution < 1.29 is 0 Å². The van der Waals surface area contributed by atoms with Crippen LogP contribution in [0.1, 0.15) is 30.5 Å². The number of thiophene rings is 1. The molecule has 210 valence electrons. The van der Waals surface area contributed by atoms with Crippen LogP contribution in [0.3, 0.4) is 0 Å². The highest BCUT2D eigenvalue weighted by molar-refractivity contribution is 7.26. The highest BCUT2D eigenvalue weighted by atomic mass is 32.1. The maximum atomic E-state index is 9.94. The van der Waals surface area contributed by atoms with Crippen molar-refractivity contribution in [2.24, 2.45) is 0 Å². The van der Waals surface area contributed by atoms with Crippen LogP contribution in [0.25, 0.3) is 74.8 Å². The van der Waals surface area contributed by atoms with Gasteiger partial charge in [-0.2, -0.15) is 5.26 Å². The van der Waals surface area contributed by atoms with Gasteiger partial charge in [0, 0.05) is 42.1 Å². The molecule has 0 unspecified atom stereocenters. The van der Waals surface area contributed by atoms with Crippen LogP contribution in [0.4, 0.5) is 5.69 Å². The molecule has 0 atom stereocenters. The summed E-state index contributed by atoms with van der Waals surface area (Å²) in [6, 6.07) is 42.8. The summed E-state index contributed by atoms with van der Waals surface area (Å²) in [6.07, 6.45) is 0. The third kappa shape index (κ3) is 3.49. The third-order valence-electron chi connectivity index (χ3n) is 9.65. The van der Waals surface area contributed by atoms with Gasteiger partial charge in [-0.3, -0.25) is 0 Å². The molecule has 1 aliphatic rings. The average molecular weight is 592 g/mol. The van der Waals surface area contributed by atoms with Gasteiger partial charge in [0.2, 0.25) is 0 Å². The maximum Gasteiger partial charge on any atom is 0.188 e. The van der Waals surface area contributed by atoms with Gasteiger partial charge in [-0.15, -0.1) is 11.3 Å². The Morgan fingerprint density at radius 2 is 1.53 bits per heavy atom. The number of nitriles is 1. The molecule has 0 saturated heterocycles. The molecular formula is C41H25N3S. The summed E-state index contributed by atoms with van der Waals surface area (Å²) < 4.78 is 4.86. The van der Waals surface area contributed by atoms with Crippen molar-refractivity contribution in [3.8, 4) is 34.0 Å². The number of aromatic nitrogens is 1. The number of benzene rings is 6. The average Bonchev–Trinajstić information content (AvgIpc) is 3.69. The Hall–Kier alpha value is -5.68. The fraction of sp³-hybridized carbons (Fsp3) is 0.0732. The van der Waals surface area contributed by atoms with Gasteiger partial charge in [0.15, 0.2) is 5.69 Å². The van der Waals surface area contributed by atoms with Crippen LogP contribution < -0.4 is 0 Å². The molecule has 3 nitrogen and oxygen atoms in total.